The van der Waals surface area contributed by atoms with E-state index in [1.165, 1.54) is 18.2 Å². The molecule has 0 aliphatic rings. The third-order valence-electron chi connectivity index (χ3n) is 3.15. The Morgan fingerprint density at radius 1 is 1.32 bits per heavy atom. The molecular formula is C17H13FN2O2. The van der Waals surface area contributed by atoms with Crippen LogP contribution in [0.15, 0.2) is 55.1 Å². The molecule has 3 aromatic rings. The summed E-state index contributed by atoms with van der Waals surface area (Å²) >= 11 is 0. The summed E-state index contributed by atoms with van der Waals surface area (Å²) in [5, 5.41) is 0. The number of fused-ring (bicyclic) bond motifs is 1. The molecule has 22 heavy (non-hydrogen) atoms. The van der Waals surface area contributed by atoms with Crippen molar-refractivity contribution < 1.29 is 13.9 Å². The second kappa shape index (κ2) is 5.81. The van der Waals surface area contributed by atoms with Gasteiger partial charge < -0.3 is 9.72 Å². The Bertz CT molecular complexity index is 855. The minimum Gasteiger partial charge on any atom is -0.458 e. The summed E-state index contributed by atoms with van der Waals surface area (Å²) in [5.74, 6) is -0.207. The Labute approximate surface area is 126 Å². The van der Waals surface area contributed by atoms with Crippen molar-refractivity contribution >= 4 is 17.0 Å². The molecule has 0 aliphatic carbocycles. The van der Waals surface area contributed by atoms with Crippen molar-refractivity contribution in [3.05, 3.63) is 66.5 Å². The number of ether oxygens (including phenoxy) is 1. The fourth-order valence-corrected chi connectivity index (χ4v) is 2.13. The number of imidazole rings is 1. The first kappa shape index (κ1) is 14.0. The smallest absolute Gasteiger partial charge is 0.338 e. The monoisotopic (exact) mass is 296 g/mol. The zero-order valence-corrected chi connectivity index (χ0v) is 11.7. The van der Waals surface area contributed by atoms with Crippen LogP contribution in [0.1, 0.15) is 10.4 Å². The van der Waals surface area contributed by atoms with Crippen LogP contribution in [0.4, 0.5) is 4.39 Å². The van der Waals surface area contributed by atoms with Gasteiger partial charge in [0.25, 0.3) is 0 Å². The molecule has 1 aromatic heterocycles. The maximum atomic E-state index is 13.3. The summed E-state index contributed by atoms with van der Waals surface area (Å²) in [4.78, 5) is 19.3. The van der Waals surface area contributed by atoms with Crippen molar-refractivity contribution in [2.24, 2.45) is 0 Å². The topological polar surface area (TPSA) is 55.0 Å². The van der Waals surface area contributed by atoms with Gasteiger partial charge >= 0.3 is 5.97 Å². The normalized spacial score (nSPS) is 10.6. The lowest BCUT2D eigenvalue weighted by Gasteiger charge is -2.01. The highest BCUT2D eigenvalue weighted by Gasteiger charge is 2.11. The van der Waals surface area contributed by atoms with Crippen molar-refractivity contribution in [1.29, 1.82) is 0 Å². The number of aromatic amines is 1. The molecule has 5 heteroatoms. The second-order valence-corrected chi connectivity index (χ2v) is 4.71. The fourth-order valence-electron chi connectivity index (χ4n) is 2.13. The fraction of sp³-hybridized carbons (Fsp3) is 0.0588. The number of nitrogens with one attached hydrogen (secondary N) is 1. The number of aromatic nitrogens is 2. The van der Waals surface area contributed by atoms with E-state index in [2.05, 4.69) is 16.5 Å². The van der Waals surface area contributed by atoms with Crippen molar-refractivity contribution in [2.75, 3.05) is 6.61 Å². The molecule has 0 bridgehead atoms. The quantitative estimate of drug-likeness (QED) is 0.590. The van der Waals surface area contributed by atoms with Crippen LogP contribution in [0, 0.1) is 5.82 Å². The van der Waals surface area contributed by atoms with Gasteiger partial charge in [0.2, 0.25) is 0 Å². The number of hydrogen-bond acceptors (Lipinski definition) is 3. The van der Waals surface area contributed by atoms with Gasteiger partial charge in [0, 0.05) is 5.56 Å². The molecule has 0 atom stereocenters. The van der Waals surface area contributed by atoms with E-state index in [1.807, 2.05) is 0 Å². The number of rotatable bonds is 4. The number of carbonyl (C=O) groups excluding carboxylic acids is 1. The number of hydrogen-bond donors (Lipinski definition) is 1. The van der Waals surface area contributed by atoms with E-state index in [4.69, 9.17) is 4.74 Å². The number of nitrogens with zero attached hydrogens (tertiary/aromatic N) is 1. The lowest BCUT2D eigenvalue weighted by atomic mass is 10.2. The maximum absolute atomic E-state index is 13.3. The summed E-state index contributed by atoms with van der Waals surface area (Å²) in [7, 11) is 0. The van der Waals surface area contributed by atoms with Crippen LogP contribution in [-0.2, 0) is 4.74 Å². The molecule has 1 N–H and O–H groups in total. The van der Waals surface area contributed by atoms with E-state index in [0.717, 1.165) is 0 Å². The molecule has 0 saturated carbocycles. The Kier molecular flexibility index (Phi) is 3.70. The first-order chi connectivity index (χ1) is 10.7. The highest BCUT2D eigenvalue weighted by molar-refractivity contribution is 5.94. The molecule has 0 fully saturated rings. The van der Waals surface area contributed by atoms with Gasteiger partial charge in [-0.05, 0) is 30.3 Å². The van der Waals surface area contributed by atoms with Crippen LogP contribution < -0.4 is 0 Å². The summed E-state index contributed by atoms with van der Waals surface area (Å²) in [6, 6.07) is 11.2. The van der Waals surface area contributed by atoms with Gasteiger partial charge in [-0.25, -0.2) is 14.2 Å². The highest BCUT2D eigenvalue weighted by Crippen LogP contribution is 2.22. The molecular weight excluding hydrogens is 283 g/mol. The van der Waals surface area contributed by atoms with Gasteiger partial charge in [-0.1, -0.05) is 24.8 Å². The third-order valence-corrected chi connectivity index (χ3v) is 3.15. The molecule has 0 saturated heterocycles. The first-order valence-corrected chi connectivity index (χ1v) is 6.71. The van der Waals surface area contributed by atoms with Crippen LogP contribution in [0.25, 0.3) is 22.4 Å². The molecule has 0 spiro atoms. The molecule has 3 rings (SSSR count). The molecule has 4 nitrogen and oxygen atoms in total. The van der Waals surface area contributed by atoms with Crippen molar-refractivity contribution in [3.63, 3.8) is 0 Å². The number of benzene rings is 2. The van der Waals surface area contributed by atoms with Gasteiger partial charge in [-0.2, -0.15) is 0 Å². The Balaban J connectivity index is 1.96. The van der Waals surface area contributed by atoms with Gasteiger partial charge in [-0.3, -0.25) is 0 Å². The van der Waals surface area contributed by atoms with Crippen molar-refractivity contribution in [1.82, 2.24) is 9.97 Å². The Morgan fingerprint density at radius 2 is 2.18 bits per heavy atom. The van der Waals surface area contributed by atoms with E-state index in [9.17, 15) is 9.18 Å². The predicted octanol–water partition coefficient (Wildman–Crippen LogP) is 3.71. The van der Waals surface area contributed by atoms with Gasteiger partial charge in [-0.15, -0.1) is 0 Å². The number of halogens is 1. The van der Waals surface area contributed by atoms with E-state index >= 15 is 0 Å². The number of esters is 1. The van der Waals surface area contributed by atoms with Crippen LogP contribution in [0.5, 0.6) is 0 Å². The molecule has 0 radical (unpaired) electrons. The minimum absolute atomic E-state index is 0.161. The van der Waals surface area contributed by atoms with Gasteiger partial charge in [0.05, 0.1) is 16.6 Å². The lowest BCUT2D eigenvalue weighted by molar-refractivity contribution is 0.0550. The molecule has 0 aliphatic heterocycles. The van der Waals surface area contributed by atoms with Gasteiger partial charge in [0.15, 0.2) is 0 Å². The minimum atomic E-state index is -0.427. The van der Waals surface area contributed by atoms with Gasteiger partial charge in [0.1, 0.15) is 18.2 Å². The van der Waals surface area contributed by atoms with Crippen LogP contribution in [-0.4, -0.2) is 22.5 Å². The number of H-pyrrole nitrogens is 1. The SMILES string of the molecule is C=CCOC(=O)c1ccc2nc(-c3cccc(F)c3)[nH]c2c1. The van der Waals surface area contributed by atoms with E-state index in [0.29, 0.717) is 28.0 Å². The zero-order valence-electron chi connectivity index (χ0n) is 11.7. The largest absolute Gasteiger partial charge is 0.458 e. The molecule has 0 amide bonds. The van der Waals surface area contributed by atoms with Crippen molar-refractivity contribution in [3.8, 4) is 11.4 Å². The van der Waals surface area contributed by atoms with E-state index in [1.54, 1.807) is 30.3 Å². The van der Waals surface area contributed by atoms with Crippen LogP contribution >= 0.6 is 0 Å². The molecule has 2 aromatic carbocycles. The Morgan fingerprint density at radius 3 is 2.95 bits per heavy atom. The summed E-state index contributed by atoms with van der Waals surface area (Å²) < 4.78 is 18.3. The molecule has 1 heterocycles. The first-order valence-electron chi connectivity index (χ1n) is 6.71. The van der Waals surface area contributed by atoms with Crippen LogP contribution in [0.3, 0.4) is 0 Å². The standard InChI is InChI=1S/C17H13FN2O2/c1-2-8-22-17(21)12-6-7-14-15(10-12)20-16(19-14)11-4-3-5-13(18)9-11/h2-7,9-10H,1,8H2,(H,19,20). The highest BCUT2D eigenvalue weighted by atomic mass is 19.1. The number of carbonyl (C=O) groups is 1. The summed E-state index contributed by atoms with van der Waals surface area (Å²) in [5.41, 5.74) is 2.45. The predicted molar refractivity (Wildman–Crippen MR) is 82.0 cm³/mol. The van der Waals surface area contributed by atoms with Crippen molar-refractivity contribution in [2.45, 2.75) is 0 Å². The molecule has 110 valence electrons. The lowest BCUT2D eigenvalue weighted by Crippen LogP contribution is -2.04. The van der Waals surface area contributed by atoms with E-state index in [-0.39, 0.29) is 12.4 Å². The zero-order chi connectivity index (χ0) is 15.5. The van der Waals surface area contributed by atoms with Crippen LogP contribution in [0.2, 0.25) is 0 Å². The third kappa shape index (κ3) is 2.74. The second-order valence-electron chi connectivity index (χ2n) is 4.71. The van der Waals surface area contributed by atoms with E-state index < -0.39 is 5.97 Å². The average molecular weight is 296 g/mol. The summed E-state index contributed by atoms with van der Waals surface area (Å²) in [6.07, 6.45) is 1.51. The maximum Gasteiger partial charge on any atom is 0.338 e. The average Bonchev–Trinajstić information content (AvgIpc) is 2.95. The summed E-state index contributed by atoms with van der Waals surface area (Å²) in [6.45, 7) is 3.66. The molecule has 0 unspecified atom stereocenters. The Hall–Kier alpha value is -2.95.